The molecule has 0 aromatic carbocycles. The molecule has 1 heterocycles. The SMILES string of the molecule is C=C(C)C(=O)OC(CCCCCCCCCC)Sc1nccc(=O)[nH]1. The van der Waals surface area contributed by atoms with E-state index < -0.39 is 5.97 Å². The van der Waals surface area contributed by atoms with Gasteiger partial charge in [0.1, 0.15) is 0 Å². The van der Waals surface area contributed by atoms with Gasteiger partial charge < -0.3 is 9.72 Å². The molecule has 0 bridgehead atoms. The average molecular weight is 367 g/mol. The Kier molecular flexibility index (Phi) is 11.0. The summed E-state index contributed by atoms with van der Waals surface area (Å²) in [6.45, 7) is 7.47. The van der Waals surface area contributed by atoms with Crippen LogP contribution in [0.1, 0.15) is 71.6 Å². The fraction of sp³-hybridized carbons (Fsp3) is 0.632. The number of hydrogen-bond donors (Lipinski definition) is 1. The first kappa shape index (κ1) is 21.5. The highest BCUT2D eigenvalue weighted by molar-refractivity contribution is 7.99. The molecular weight excluding hydrogens is 336 g/mol. The Morgan fingerprint density at radius 1 is 1.24 bits per heavy atom. The highest BCUT2D eigenvalue weighted by atomic mass is 32.2. The number of aromatic nitrogens is 2. The van der Waals surface area contributed by atoms with Crippen molar-refractivity contribution in [3.8, 4) is 0 Å². The van der Waals surface area contributed by atoms with Crippen molar-refractivity contribution in [2.75, 3.05) is 0 Å². The summed E-state index contributed by atoms with van der Waals surface area (Å²) in [4.78, 5) is 30.0. The number of nitrogens with zero attached hydrogens (tertiary/aromatic N) is 1. The van der Waals surface area contributed by atoms with Gasteiger partial charge in [0.05, 0.1) is 0 Å². The van der Waals surface area contributed by atoms with Crippen molar-refractivity contribution >= 4 is 17.7 Å². The lowest BCUT2D eigenvalue weighted by molar-refractivity contribution is -0.140. The molecule has 6 heteroatoms. The van der Waals surface area contributed by atoms with Gasteiger partial charge in [0, 0.05) is 17.8 Å². The summed E-state index contributed by atoms with van der Waals surface area (Å²) in [5.74, 6) is -0.407. The van der Waals surface area contributed by atoms with Crippen molar-refractivity contribution in [1.29, 1.82) is 0 Å². The quantitative estimate of drug-likeness (QED) is 0.135. The number of carbonyl (C=O) groups excluding carboxylic acids is 1. The van der Waals surface area contributed by atoms with Gasteiger partial charge >= 0.3 is 5.97 Å². The summed E-state index contributed by atoms with van der Waals surface area (Å²) in [5, 5.41) is 0.464. The van der Waals surface area contributed by atoms with Crippen LogP contribution in [0.25, 0.3) is 0 Å². The number of rotatable bonds is 13. The van der Waals surface area contributed by atoms with Gasteiger partial charge in [0.25, 0.3) is 5.56 Å². The van der Waals surface area contributed by atoms with Crippen LogP contribution in [0.4, 0.5) is 0 Å². The number of ether oxygens (including phenoxy) is 1. The smallest absolute Gasteiger partial charge is 0.334 e. The summed E-state index contributed by atoms with van der Waals surface area (Å²) < 4.78 is 5.48. The molecule has 1 aromatic rings. The fourth-order valence-corrected chi connectivity index (χ4v) is 3.29. The first-order chi connectivity index (χ1) is 12.0. The minimum atomic E-state index is -0.407. The van der Waals surface area contributed by atoms with E-state index in [0.29, 0.717) is 10.7 Å². The minimum Gasteiger partial charge on any atom is -0.447 e. The van der Waals surface area contributed by atoms with Crippen LogP contribution in [0.15, 0.2) is 34.4 Å². The van der Waals surface area contributed by atoms with Gasteiger partial charge in [0.2, 0.25) is 0 Å². The Labute approximate surface area is 154 Å². The second kappa shape index (κ2) is 12.8. The van der Waals surface area contributed by atoms with E-state index in [1.165, 1.54) is 62.6 Å². The lowest BCUT2D eigenvalue weighted by Gasteiger charge is -2.16. The lowest BCUT2D eigenvalue weighted by Crippen LogP contribution is -2.17. The molecule has 1 unspecified atom stereocenters. The second-order valence-corrected chi connectivity index (χ2v) is 7.38. The predicted molar refractivity (Wildman–Crippen MR) is 103 cm³/mol. The van der Waals surface area contributed by atoms with E-state index in [2.05, 4.69) is 23.5 Å². The zero-order valence-corrected chi connectivity index (χ0v) is 16.2. The largest absolute Gasteiger partial charge is 0.447 e. The molecule has 1 aromatic heterocycles. The van der Waals surface area contributed by atoms with Crippen LogP contribution >= 0.6 is 11.8 Å². The molecule has 140 valence electrons. The van der Waals surface area contributed by atoms with Crippen molar-refractivity contribution in [3.63, 3.8) is 0 Å². The third kappa shape index (κ3) is 10.1. The Bertz CT molecular complexity index is 586. The first-order valence-corrected chi connectivity index (χ1v) is 9.99. The van der Waals surface area contributed by atoms with E-state index in [0.717, 1.165) is 19.3 Å². The zero-order chi connectivity index (χ0) is 18.5. The van der Waals surface area contributed by atoms with Crippen LogP contribution in [0.5, 0.6) is 0 Å². The van der Waals surface area contributed by atoms with Crippen LogP contribution in [0, 0.1) is 0 Å². The molecule has 5 nitrogen and oxygen atoms in total. The Morgan fingerprint density at radius 3 is 2.48 bits per heavy atom. The highest BCUT2D eigenvalue weighted by Crippen LogP contribution is 2.25. The monoisotopic (exact) mass is 366 g/mol. The molecule has 0 aliphatic heterocycles. The maximum atomic E-state index is 11.8. The summed E-state index contributed by atoms with van der Waals surface area (Å²) in [7, 11) is 0. The molecule has 0 saturated carbocycles. The van der Waals surface area contributed by atoms with Crippen molar-refractivity contribution in [1.82, 2.24) is 9.97 Å². The fourth-order valence-electron chi connectivity index (χ4n) is 2.34. The number of hydrogen-bond acceptors (Lipinski definition) is 5. The van der Waals surface area contributed by atoms with Crippen molar-refractivity contribution in [2.24, 2.45) is 0 Å². The van der Waals surface area contributed by atoms with Crippen LogP contribution in [0.2, 0.25) is 0 Å². The van der Waals surface area contributed by atoms with Gasteiger partial charge in [-0.15, -0.1) is 0 Å². The third-order valence-corrected chi connectivity index (χ3v) is 4.80. The van der Waals surface area contributed by atoms with Crippen LogP contribution in [0.3, 0.4) is 0 Å². The van der Waals surface area contributed by atoms with Crippen molar-refractivity contribution in [2.45, 2.75) is 82.2 Å². The molecule has 0 amide bonds. The normalized spacial score (nSPS) is 11.9. The number of esters is 1. The van der Waals surface area contributed by atoms with E-state index in [4.69, 9.17) is 4.74 Å². The molecule has 1 rings (SSSR count). The second-order valence-electron chi connectivity index (χ2n) is 6.24. The number of nitrogens with one attached hydrogen (secondary N) is 1. The molecule has 0 radical (unpaired) electrons. The van der Waals surface area contributed by atoms with Crippen molar-refractivity contribution < 1.29 is 9.53 Å². The third-order valence-electron chi connectivity index (χ3n) is 3.77. The summed E-state index contributed by atoms with van der Waals surface area (Å²) in [6, 6.07) is 1.36. The molecule has 0 saturated heterocycles. The van der Waals surface area contributed by atoms with E-state index in [9.17, 15) is 9.59 Å². The Morgan fingerprint density at radius 2 is 1.88 bits per heavy atom. The van der Waals surface area contributed by atoms with Crippen LogP contribution in [-0.2, 0) is 9.53 Å². The van der Waals surface area contributed by atoms with Gasteiger partial charge in [0.15, 0.2) is 10.6 Å². The lowest BCUT2D eigenvalue weighted by atomic mass is 10.1. The maximum absolute atomic E-state index is 11.8. The molecule has 25 heavy (non-hydrogen) atoms. The average Bonchev–Trinajstić information content (AvgIpc) is 2.57. The number of H-pyrrole nitrogens is 1. The van der Waals surface area contributed by atoms with Gasteiger partial charge in [-0.2, -0.15) is 0 Å². The molecule has 0 spiro atoms. The standard InChI is InChI=1S/C19H30N2O3S/c1-4-5-6-7-8-9-10-11-12-17(24-18(23)15(2)3)25-19-20-14-13-16(22)21-19/h13-14,17H,2,4-12H2,1,3H3,(H,20,21,22). The van der Waals surface area contributed by atoms with E-state index in [1.54, 1.807) is 6.92 Å². The molecule has 0 fully saturated rings. The molecule has 0 aliphatic rings. The van der Waals surface area contributed by atoms with Crippen LogP contribution < -0.4 is 5.56 Å². The Balaban J connectivity index is 2.42. The van der Waals surface area contributed by atoms with Gasteiger partial charge in [-0.25, -0.2) is 9.78 Å². The number of thioether (sulfide) groups is 1. The minimum absolute atomic E-state index is 0.213. The molecule has 0 aliphatic carbocycles. The Hall–Kier alpha value is -1.56. The predicted octanol–water partition coefficient (Wildman–Crippen LogP) is 4.84. The van der Waals surface area contributed by atoms with Gasteiger partial charge in [-0.1, -0.05) is 58.4 Å². The van der Waals surface area contributed by atoms with E-state index in [1.807, 2.05) is 0 Å². The van der Waals surface area contributed by atoms with Gasteiger partial charge in [-0.05, 0) is 31.5 Å². The first-order valence-electron chi connectivity index (χ1n) is 9.11. The topological polar surface area (TPSA) is 72.0 Å². The summed E-state index contributed by atoms with van der Waals surface area (Å²) in [6.07, 6.45) is 11.9. The van der Waals surface area contributed by atoms with Crippen LogP contribution in [-0.4, -0.2) is 21.4 Å². The molecule has 1 N–H and O–H groups in total. The van der Waals surface area contributed by atoms with E-state index in [-0.39, 0.29) is 11.0 Å². The zero-order valence-electron chi connectivity index (χ0n) is 15.4. The number of carbonyl (C=O) groups is 1. The van der Waals surface area contributed by atoms with E-state index >= 15 is 0 Å². The summed E-state index contributed by atoms with van der Waals surface area (Å²) in [5.41, 5.74) is -0.208. The highest BCUT2D eigenvalue weighted by Gasteiger charge is 2.17. The number of unbranched alkanes of at least 4 members (excludes halogenated alkanes) is 7. The molecule has 1 atom stereocenters. The summed E-state index contributed by atoms with van der Waals surface area (Å²) >= 11 is 1.27. The van der Waals surface area contributed by atoms with Crippen molar-refractivity contribution in [3.05, 3.63) is 34.8 Å². The van der Waals surface area contributed by atoms with Gasteiger partial charge in [-0.3, -0.25) is 4.79 Å². The number of aromatic amines is 1. The maximum Gasteiger partial charge on any atom is 0.334 e. The molecular formula is C19H30N2O3S.